The van der Waals surface area contributed by atoms with Gasteiger partial charge in [0, 0.05) is 22.5 Å². The largest absolute Gasteiger partial charge is 0.299 e. The highest BCUT2D eigenvalue weighted by Gasteiger charge is 2.15. The Morgan fingerprint density at radius 3 is 2.62 bits per heavy atom. The number of thiazole rings is 1. The van der Waals surface area contributed by atoms with Crippen LogP contribution in [0.25, 0.3) is 15.2 Å². The quantitative estimate of drug-likeness (QED) is 0.739. The first-order valence-electron chi connectivity index (χ1n) is 7.18. The molecule has 0 N–H and O–H groups in total. The molecule has 0 bridgehead atoms. The van der Waals surface area contributed by atoms with E-state index >= 15 is 0 Å². The first-order chi connectivity index (χ1) is 10.0. The number of aryl methyl sites for hydroxylation is 2. The molecular formula is C15H19N3OS2. The van der Waals surface area contributed by atoms with E-state index in [0.717, 1.165) is 40.4 Å². The number of rotatable bonds is 4. The Labute approximate surface area is 131 Å². The molecule has 0 saturated carbocycles. The summed E-state index contributed by atoms with van der Waals surface area (Å²) in [5, 5.41) is 0.780. The van der Waals surface area contributed by atoms with Crippen LogP contribution in [0, 0.1) is 13.8 Å². The monoisotopic (exact) mass is 321 g/mol. The highest BCUT2D eigenvalue weighted by Crippen LogP contribution is 2.28. The molecule has 0 aliphatic carbocycles. The number of aromatic nitrogens is 2. The van der Waals surface area contributed by atoms with Crippen molar-refractivity contribution in [3.63, 3.8) is 0 Å². The second kappa shape index (κ2) is 5.51. The molecule has 3 aromatic rings. The van der Waals surface area contributed by atoms with E-state index in [2.05, 4.69) is 23.7 Å². The minimum absolute atomic E-state index is 0.0684. The second-order valence-corrected chi connectivity index (χ2v) is 7.49. The fourth-order valence-corrected chi connectivity index (χ4v) is 4.59. The zero-order valence-electron chi connectivity index (χ0n) is 12.8. The van der Waals surface area contributed by atoms with Gasteiger partial charge in [0.2, 0.25) is 0 Å². The smallest absolute Gasteiger partial charge is 0.267 e. The molecule has 3 heterocycles. The molecule has 0 aliphatic rings. The molecule has 3 aromatic heterocycles. The average molecular weight is 321 g/mol. The van der Waals surface area contributed by atoms with E-state index in [1.165, 1.54) is 9.75 Å². The maximum absolute atomic E-state index is 12.7. The van der Waals surface area contributed by atoms with Gasteiger partial charge in [0.25, 0.3) is 5.56 Å². The van der Waals surface area contributed by atoms with Crippen molar-refractivity contribution >= 4 is 37.9 Å². The number of hydrogen-bond acceptors (Lipinski definition) is 5. The molecule has 112 valence electrons. The Hall–Kier alpha value is -1.24. The van der Waals surface area contributed by atoms with Gasteiger partial charge in [-0.15, -0.1) is 11.3 Å². The van der Waals surface area contributed by atoms with Crippen LogP contribution in [-0.2, 0) is 6.54 Å². The molecule has 0 unspecified atom stereocenters. The van der Waals surface area contributed by atoms with Gasteiger partial charge in [-0.05, 0) is 32.5 Å². The first-order valence-corrected chi connectivity index (χ1v) is 8.81. The van der Waals surface area contributed by atoms with Crippen LogP contribution >= 0.6 is 22.7 Å². The molecule has 0 saturated heterocycles. The highest BCUT2D eigenvalue weighted by atomic mass is 32.1. The van der Waals surface area contributed by atoms with Crippen LogP contribution in [0.5, 0.6) is 0 Å². The fourth-order valence-electron chi connectivity index (χ4n) is 2.50. The van der Waals surface area contributed by atoms with Crippen molar-refractivity contribution in [2.24, 2.45) is 0 Å². The molecule has 6 heteroatoms. The normalized spacial score (nSPS) is 12.0. The average Bonchev–Trinajstić information content (AvgIpc) is 2.98. The molecule has 3 rings (SSSR count). The number of thiophene rings is 1. The van der Waals surface area contributed by atoms with Gasteiger partial charge < -0.3 is 0 Å². The third kappa shape index (κ3) is 2.41. The van der Waals surface area contributed by atoms with E-state index in [4.69, 9.17) is 0 Å². The third-order valence-electron chi connectivity index (χ3n) is 3.97. The molecule has 0 amide bonds. The Morgan fingerprint density at radius 1 is 1.24 bits per heavy atom. The van der Waals surface area contributed by atoms with Crippen molar-refractivity contribution < 1.29 is 0 Å². The van der Waals surface area contributed by atoms with Crippen molar-refractivity contribution in [1.29, 1.82) is 0 Å². The van der Waals surface area contributed by atoms with E-state index in [0.29, 0.717) is 0 Å². The maximum Gasteiger partial charge on any atom is 0.267 e. The summed E-state index contributed by atoms with van der Waals surface area (Å²) in [6, 6.07) is 0. The molecule has 21 heavy (non-hydrogen) atoms. The SMILES string of the molecule is CCN(CC)Cc1cn2c(=O)c3c(C)c(C)sc3nc2s1. The highest BCUT2D eigenvalue weighted by molar-refractivity contribution is 7.19. The Kier molecular flexibility index (Phi) is 3.86. The van der Waals surface area contributed by atoms with E-state index in [1.807, 2.05) is 20.0 Å². The van der Waals surface area contributed by atoms with E-state index in [9.17, 15) is 4.79 Å². The lowest BCUT2D eigenvalue weighted by atomic mass is 10.2. The van der Waals surface area contributed by atoms with Gasteiger partial charge in [-0.3, -0.25) is 14.1 Å². The Morgan fingerprint density at radius 2 is 1.95 bits per heavy atom. The van der Waals surface area contributed by atoms with E-state index in [-0.39, 0.29) is 5.56 Å². The molecule has 0 aliphatic heterocycles. The number of fused-ring (bicyclic) bond motifs is 2. The molecular weight excluding hydrogens is 302 g/mol. The lowest BCUT2D eigenvalue weighted by molar-refractivity contribution is 0.298. The zero-order valence-corrected chi connectivity index (χ0v) is 14.4. The summed E-state index contributed by atoms with van der Waals surface area (Å²) in [6.07, 6.45) is 1.96. The van der Waals surface area contributed by atoms with Gasteiger partial charge in [-0.1, -0.05) is 25.2 Å². The van der Waals surface area contributed by atoms with Crippen LogP contribution in [0.15, 0.2) is 11.0 Å². The molecule has 0 radical (unpaired) electrons. The summed E-state index contributed by atoms with van der Waals surface area (Å²) in [5.41, 5.74) is 1.14. The lowest BCUT2D eigenvalue weighted by Gasteiger charge is -2.15. The van der Waals surface area contributed by atoms with Crippen LogP contribution in [0.4, 0.5) is 0 Å². The van der Waals surface area contributed by atoms with Gasteiger partial charge in [0.1, 0.15) is 4.83 Å². The molecule has 0 spiro atoms. The molecule has 4 nitrogen and oxygen atoms in total. The zero-order chi connectivity index (χ0) is 15.1. The van der Waals surface area contributed by atoms with E-state index < -0.39 is 0 Å². The topological polar surface area (TPSA) is 37.6 Å². The van der Waals surface area contributed by atoms with Gasteiger partial charge in [0.15, 0.2) is 4.96 Å². The standard InChI is InChI=1S/C15H19N3OS2/c1-5-17(6-2)7-11-8-18-14(19)12-9(3)10(4)20-13(12)16-15(18)21-11/h8H,5-7H2,1-4H3. The van der Waals surface area contributed by atoms with E-state index in [1.54, 1.807) is 27.1 Å². The van der Waals surface area contributed by atoms with Crippen molar-refractivity contribution in [3.8, 4) is 0 Å². The predicted octanol–water partition coefficient (Wildman–Crippen LogP) is 3.43. The van der Waals surface area contributed by atoms with Crippen LogP contribution < -0.4 is 5.56 Å². The van der Waals surface area contributed by atoms with Gasteiger partial charge in [-0.2, -0.15) is 0 Å². The molecule has 0 atom stereocenters. The fraction of sp³-hybridized carbons (Fsp3) is 0.467. The Balaban J connectivity index is 2.16. The van der Waals surface area contributed by atoms with Gasteiger partial charge in [-0.25, -0.2) is 4.98 Å². The third-order valence-corrected chi connectivity index (χ3v) is 6.04. The maximum atomic E-state index is 12.7. The summed E-state index contributed by atoms with van der Waals surface area (Å²) in [7, 11) is 0. The summed E-state index contributed by atoms with van der Waals surface area (Å²) in [5.74, 6) is 0. The second-order valence-electron chi connectivity index (χ2n) is 5.19. The van der Waals surface area contributed by atoms with Crippen molar-refractivity contribution in [1.82, 2.24) is 14.3 Å². The minimum Gasteiger partial charge on any atom is -0.299 e. The summed E-state index contributed by atoms with van der Waals surface area (Å²) < 4.78 is 1.71. The predicted molar refractivity (Wildman–Crippen MR) is 90.8 cm³/mol. The summed E-state index contributed by atoms with van der Waals surface area (Å²) in [4.78, 5) is 23.7. The van der Waals surface area contributed by atoms with Crippen LogP contribution in [-0.4, -0.2) is 27.4 Å². The minimum atomic E-state index is 0.0684. The molecule has 0 fully saturated rings. The van der Waals surface area contributed by atoms with Gasteiger partial charge in [0.05, 0.1) is 5.39 Å². The molecule has 0 aromatic carbocycles. The number of nitrogens with zero attached hydrogens (tertiary/aromatic N) is 3. The van der Waals surface area contributed by atoms with Crippen molar-refractivity contribution in [2.45, 2.75) is 34.2 Å². The van der Waals surface area contributed by atoms with Crippen molar-refractivity contribution in [3.05, 3.63) is 31.9 Å². The summed E-state index contributed by atoms with van der Waals surface area (Å²) in [6.45, 7) is 11.3. The number of hydrogen-bond donors (Lipinski definition) is 0. The van der Waals surface area contributed by atoms with Crippen LogP contribution in [0.2, 0.25) is 0 Å². The van der Waals surface area contributed by atoms with Gasteiger partial charge >= 0.3 is 0 Å². The van der Waals surface area contributed by atoms with Crippen molar-refractivity contribution in [2.75, 3.05) is 13.1 Å². The van der Waals surface area contributed by atoms with Crippen LogP contribution in [0.1, 0.15) is 29.2 Å². The first kappa shape index (κ1) is 14.7. The summed E-state index contributed by atoms with van der Waals surface area (Å²) >= 11 is 3.23. The Bertz CT molecular complexity index is 855. The van der Waals surface area contributed by atoms with Crippen LogP contribution in [0.3, 0.4) is 0 Å². The lowest BCUT2D eigenvalue weighted by Crippen LogP contribution is -2.21.